The smallest absolute Gasteiger partial charge is 0.243 e. The van der Waals surface area contributed by atoms with Gasteiger partial charge in [0.2, 0.25) is 11.8 Å². The molecule has 1 aromatic carbocycles. The first kappa shape index (κ1) is 13.6. The molecule has 0 atom stereocenters. The van der Waals surface area contributed by atoms with E-state index in [9.17, 15) is 0 Å². The van der Waals surface area contributed by atoms with E-state index < -0.39 is 0 Å². The van der Waals surface area contributed by atoms with Crippen molar-refractivity contribution in [2.45, 2.75) is 6.42 Å². The maximum absolute atomic E-state index is 8.85. The second kappa shape index (κ2) is 6.36. The third-order valence-electron chi connectivity index (χ3n) is 2.47. The van der Waals surface area contributed by atoms with Gasteiger partial charge in [-0.1, -0.05) is 23.7 Å². The lowest BCUT2D eigenvalue weighted by Crippen LogP contribution is -1.98. The monoisotopic (exact) mass is 279 g/mol. The number of nitrogens with one attached hydrogen (secondary N) is 1. The van der Waals surface area contributed by atoms with Gasteiger partial charge in [0.1, 0.15) is 10.8 Å². The van der Waals surface area contributed by atoms with Crippen LogP contribution in [0.25, 0.3) is 0 Å². The van der Waals surface area contributed by atoms with Crippen molar-refractivity contribution in [3.05, 3.63) is 41.0 Å². The summed E-state index contributed by atoms with van der Waals surface area (Å²) in [7, 11) is 1.72. The van der Waals surface area contributed by atoms with Crippen LogP contribution < -0.4 is 10.1 Å². The number of hydrogen-bond acceptors (Lipinski definition) is 5. The number of aliphatic hydroxyl groups is 1. The van der Waals surface area contributed by atoms with Crippen LogP contribution in [0, 0.1) is 0 Å². The molecule has 2 aromatic rings. The Morgan fingerprint density at radius 2 is 2.05 bits per heavy atom. The summed E-state index contributed by atoms with van der Waals surface area (Å²) in [6.45, 7) is 0.128. The minimum atomic E-state index is 0.128. The van der Waals surface area contributed by atoms with Crippen molar-refractivity contribution in [1.29, 1.82) is 0 Å². The normalized spacial score (nSPS) is 10.3. The van der Waals surface area contributed by atoms with Crippen molar-refractivity contribution in [1.82, 2.24) is 9.97 Å². The molecule has 0 spiro atoms. The number of aliphatic hydroxyl groups excluding tert-OH is 1. The number of rotatable bonds is 5. The average molecular weight is 280 g/mol. The van der Waals surface area contributed by atoms with Gasteiger partial charge in [0.05, 0.1) is 6.20 Å². The standard InChI is InChI=1S/C13H14ClN3O2/c1-15-13-16-8-11(14)12(17-13)19-10-4-2-9(3-5-10)6-7-18/h2-5,8,18H,6-7H2,1H3,(H,15,16,17). The van der Waals surface area contributed by atoms with Gasteiger partial charge in [-0.25, -0.2) is 4.98 Å². The molecule has 100 valence electrons. The number of anilines is 1. The fourth-order valence-electron chi connectivity index (χ4n) is 1.51. The number of nitrogens with zero attached hydrogens (tertiary/aromatic N) is 2. The van der Waals surface area contributed by atoms with Gasteiger partial charge >= 0.3 is 0 Å². The zero-order valence-corrected chi connectivity index (χ0v) is 11.2. The lowest BCUT2D eigenvalue weighted by atomic mass is 10.1. The molecule has 0 unspecified atom stereocenters. The molecule has 1 heterocycles. The van der Waals surface area contributed by atoms with Crippen molar-refractivity contribution in [3.8, 4) is 11.6 Å². The molecule has 0 fully saturated rings. The molecule has 2 rings (SSSR count). The number of halogens is 1. The summed E-state index contributed by atoms with van der Waals surface area (Å²) in [5.74, 6) is 1.37. The van der Waals surface area contributed by atoms with Gasteiger partial charge in [0.15, 0.2) is 0 Å². The Balaban J connectivity index is 2.16. The highest BCUT2D eigenvalue weighted by Gasteiger charge is 2.07. The Kier molecular flexibility index (Phi) is 4.54. The van der Waals surface area contributed by atoms with E-state index in [1.54, 1.807) is 7.05 Å². The Hall–Kier alpha value is -1.85. The van der Waals surface area contributed by atoms with Crippen LogP contribution in [-0.4, -0.2) is 28.7 Å². The predicted molar refractivity (Wildman–Crippen MR) is 73.9 cm³/mol. The lowest BCUT2D eigenvalue weighted by molar-refractivity contribution is 0.299. The Morgan fingerprint density at radius 3 is 2.68 bits per heavy atom. The number of ether oxygens (including phenoxy) is 1. The quantitative estimate of drug-likeness (QED) is 0.880. The first-order chi connectivity index (χ1) is 9.22. The minimum absolute atomic E-state index is 0.128. The first-order valence-electron chi connectivity index (χ1n) is 5.81. The van der Waals surface area contributed by atoms with Crippen LogP contribution in [0.2, 0.25) is 5.02 Å². The maximum atomic E-state index is 8.85. The molecule has 0 saturated heterocycles. The molecule has 19 heavy (non-hydrogen) atoms. The van der Waals surface area contributed by atoms with Crippen LogP contribution >= 0.6 is 11.6 Å². The summed E-state index contributed by atoms with van der Waals surface area (Å²) < 4.78 is 5.60. The third kappa shape index (κ3) is 3.56. The zero-order valence-electron chi connectivity index (χ0n) is 10.4. The molecular weight excluding hydrogens is 266 g/mol. The summed E-state index contributed by atoms with van der Waals surface area (Å²) in [5, 5.41) is 12.0. The van der Waals surface area contributed by atoms with Gasteiger partial charge in [0.25, 0.3) is 0 Å². The Labute approximate surface area is 116 Å². The molecule has 0 aliphatic carbocycles. The fraction of sp³-hybridized carbons (Fsp3) is 0.231. The summed E-state index contributed by atoms with van der Waals surface area (Å²) in [5.41, 5.74) is 1.04. The molecule has 5 nitrogen and oxygen atoms in total. The Morgan fingerprint density at radius 1 is 1.32 bits per heavy atom. The number of benzene rings is 1. The van der Waals surface area contributed by atoms with Crippen LogP contribution in [-0.2, 0) is 6.42 Å². The van der Waals surface area contributed by atoms with Crippen LogP contribution in [0.4, 0.5) is 5.95 Å². The van der Waals surface area contributed by atoms with Crippen molar-refractivity contribution in [3.63, 3.8) is 0 Å². The summed E-state index contributed by atoms with van der Waals surface area (Å²) in [4.78, 5) is 8.10. The van der Waals surface area contributed by atoms with E-state index in [-0.39, 0.29) is 6.61 Å². The molecule has 2 N–H and O–H groups in total. The molecule has 1 aromatic heterocycles. The van der Waals surface area contributed by atoms with E-state index in [4.69, 9.17) is 21.4 Å². The molecule has 0 aliphatic rings. The predicted octanol–water partition coefficient (Wildman–Crippen LogP) is 2.50. The third-order valence-corrected chi connectivity index (χ3v) is 2.73. The SMILES string of the molecule is CNc1ncc(Cl)c(Oc2ccc(CCO)cc2)n1. The van der Waals surface area contributed by atoms with E-state index in [2.05, 4.69) is 15.3 Å². The van der Waals surface area contributed by atoms with E-state index in [1.165, 1.54) is 6.20 Å². The molecule has 6 heteroatoms. The second-order valence-corrected chi connectivity index (χ2v) is 4.22. The maximum Gasteiger partial charge on any atom is 0.243 e. The zero-order chi connectivity index (χ0) is 13.7. The highest BCUT2D eigenvalue weighted by molar-refractivity contribution is 6.31. The van der Waals surface area contributed by atoms with E-state index in [0.717, 1.165) is 5.56 Å². The number of hydrogen-bond donors (Lipinski definition) is 2. The van der Waals surface area contributed by atoms with Crippen LogP contribution in [0.15, 0.2) is 30.5 Å². The van der Waals surface area contributed by atoms with Gasteiger partial charge in [-0.05, 0) is 24.1 Å². The highest BCUT2D eigenvalue weighted by atomic mass is 35.5. The van der Waals surface area contributed by atoms with Crippen molar-refractivity contribution < 1.29 is 9.84 Å². The van der Waals surface area contributed by atoms with Crippen LogP contribution in [0.1, 0.15) is 5.56 Å². The molecule has 0 amide bonds. The highest BCUT2D eigenvalue weighted by Crippen LogP contribution is 2.27. The van der Waals surface area contributed by atoms with Gasteiger partial charge in [-0.2, -0.15) is 4.98 Å². The van der Waals surface area contributed by atoms with E-state index in [1.807, 2.05) is 24.3 Å². The summed E-state index contributed by atoms with van der Waals surface area (Å²) >= 11 is 5.97. The van der Waals surface area contributed by atoms with Gasteiger partial charge in [-0.3, -0.25) is 0 Å². The molecule has 0 radical (unpaired) electrons. The summed E-state index contributed by atoms with van der Waals surface area (Å²) in [6, 6.07) is 7.39. The molecule has 0 bridgehead atoms. The average Bonchev–Trinajstić information content (AvgIpc) is 2.44. The molecule has 0 saturated carbocycles. The first-order valence-corrected chi connectivity index (χ1v) is 6.18. The van der Waals surface area contributed by atoms with Gasteiger partial charge < -0.3 is 15.2 Å². The minimum Gasteiger partial charge on any atom is -0.437 e. The Bertz CT molecular complexity index is 546. The lowest BCUT2D eigenvalue weighted by Gasteiger charge is -2.08. The second-order valence-electron chi connectivity index (χ2n) is 3.82. The largest absolute Gasteiger partial charge is 0.437 e. The van der Waals surface area contributed by atoms with E-state index in [0.29, 0.717) is 29.0 Å². The molecular formula is C13H14ClN3O2. The van der Waals surface area contributed by atoms with Crippen molar-refractivity contribution in [2.75, 3.05) is 19.0 Å². The van der Waals surface area contributed by atoms with Gasteiger partial charge in [0, 0.05) is 13.7 Å². The topological polar surface area (TPSA) is 67.3 Å². The molecule has 0 aliphatic heterocycles. The van der Waals surface area contributed by atoms with Crippen LogP contribution in [0.5, 0.6) is 11.6 Å². The fourth-order valence-corrected chi connectivity index (χ4v) is 1.64. The van der Waals surface area contributed by atoms with Gasteiger partial charge in [-0.15, -0.1) is 0 Å². The van der Waals surface area contributed by atoms with E-state index >= 15 is 0 Å². The van der Waals surface area contributed by atoms with Crippen molar-refractivity contribution in [2.24, 2.45) is 0 Å². The number of aromatic nitrogens is 2. The summed E-state index contributed by atoms with van der Waals surface area (Å²) in [6.07, 6.45) is 2.11. The van der Waals surface area contributed by atoms with Crippen molar-refractivity contribution >= 4 is 17.5 Å². The van der Waals surface area contributed by atoms with Crippen LogP contribution in [0.3, 0.4) is 0 Å².